The number of amides is 4. The first-order valence-corrected chi connectivity index (χ1v) is 12.9. The summed E-state index contributed by atoms with van der Waals surface area (Å²) in [6.45, 7) is 6.46. The molecule has 0 heterocycles. The molecule has 0 rings (SSSR count). The summed E-state index contributed by atoms with van der Waals surface area (Å²) >= 11 is 4.10. The topological polar surface area (TPSA) is 237 Å². The van der Waals surface area contributed by atoms with Crippen LogP contribution in [0.2, 0.25) is 0 Å². The molecule has 0 saturated carbocycles. The Kier molecular flexibility index (Phi) is 16.2. The Morgan fingerprint density at radius 1 is 0.711 bits per heavy atom. The van der Waals surface area contributed by atoms with Gasteiger partial charge in [0.1, 0.15) is 24.2 Å². The van der Waals surface area contributed by atoms with Gasteiger partial charge in [0.25, 0.3) is 0 Å². The second kappa shape index (κ2) is 17.6. The molecule has 0 aromatic heterocycles. The molecule has 15 heteroatoms. The van der Waals surface area contributed by atoms with Crippen molar-refractivity contribution in [3.63, 3.8) is 0 Å². The summed E-state index contributed by atoms with van der Waals surface area (Å²) in [6.07, 6.45) is -0.407. The zero-order chi connectivity index (χ0) is 29.6. The third-order valence-corrected chi connectivity index (χ3v) is 5.66. The van der Waals surface area contributed by atoms with Crippen LogP contribution in [0.1, 0.15) is 53.4 Å². The van der Waals surface area contributed by atoms with Gasteiger partial charge >= 0.3 is 11.9 Å². The molecule has 0 bridgehead atoms. The molecule has 0 saturated heterocycles. The first kappa shape index (κ1) is 35.1. The summed E-state index contributed by atoms with van der Waals surface area (Å²) < 4.78 is 0. The molecule has 38 heavy (non-hydrogen) atoms. The maximum absolute atomic E-state index is 12.9. The van der Waals surface area contributed by atoms with Gasteiger partial charge in [0.05, 0.1) is 12.6 Å². The molecule has 4 amide bonds. The average Bonchev–Trinajstić information content (AvgIpc) is 2.81. The summed E-state index contributed by atoms with van der Waals surface area (Å²) in [7, 11) is 0. The Balaban J connectivity index is 5.43. The van der Waals surface area contributed by atoms with Gasteiger partial charge in [-0.05, 0) is 31.1 Å². The molecule has 0 spiro atoms. The zero-order valence-electron chi connectivity index (χ0n) is 22.1. The van der Waals surface area contributed by atoms with Crippen LogP contribution in [0.5, 0.6) is 0 Å². The van der Waals surface area contributed by atoms with Crippen molar-refractivity contribution in [2.24, 2.45) is 17.6 Å². The van der Waals surface area contributed by atoms with Gasteiger partial charge in [-0.1, -0.05) is 27.7 Å². The highest BCUT2D eigenvalue weighted by molar-refractivity contribution is 7.80. The summed E-state index contributed by atoms with van der Waals surface area (Å²) in [4.78, 5) is 72.7. The van der Waals surface area contributed by atoms with Gasteiger partial charge < -0.3 is 42.3 Å². The van der Waals surface area contributed by atoms with E-state index in [1.807, 2.05) is 13.8 Å². The maximum Gasteiger partial charge on any atom is 0.326 e. The maximum atomic E-state index is 12.9. The lowest BCUT2D eigenvalue weighted by molar-refractivity contribution is -0.143. The summed E-state index contributed by atoms with van der Waals surface area (Å²) in [5.74, 6) is -5.92. The normalized spacial score (nSPS) is 15.1. The van der Waals surface area contributed by atoms with Crippen LogP contribution in [0.3, 0.4) is 0 Å². The van der Waals surface area contributed by atoms with Gasteiger partial charge in [-0.25, -0.2) is 4.79 Å². The van der Waals surface area contributed by atoms with E-state index in [4.69, 9.17) is 10.8 Å². The van der Waals surface area contributed by atoms with Crippen molar-refractivity contribution in [3.8, 4) is 0 Å². The van der Waals surface area contributed by atoms with E-state index >= 15 is 0 Å². The number of nitrogens with two attached hydrogens (primary N) is 1. The van der Waals surface area contributed by atoms with E-state index in [9.17, 15) is 39.0 Å². The van der Waals surface area contributed by atoms with Crippen molar-refractivity contribution >= 4 is 48.2 Å². The SMILES string of the molecule is CC(C)C[C@H](NC(=O)[C@H](CS)NC(=O)[C@@H](N)CC(C)C)C(=O)N[C@@H](CO)C(=O)N[C@@H](CCC(=O)O)C(=O)O. The third-order valence-electron chi connectivity index (χ3n) is 5.29. The molecule has 0 aromatic rings. The van der Waals surface area contributed by atoms with Crippen molar-refractivity contribution < 1.29 is 44.1 Å². The average molecular weight is 564 g/mol. The molecule has 0 aromatic carbocycles. The van der Waals surface area contributed by atoms with Gasteiger partial charge in [0.15, 0.2) is 0 Å². The number of rotatable bonds is 18. The highest BCUT2D eigenvalue weighted by Crippen LogP contribution is 2.08. The van der Waals surface area contributed by atoms with Gasteiger partial charge in [-0.15, -0.1) is 0 Å². The van der Waals surface area contributed by atoms with E-state index in [1.54, 1.807) is 13.8 Å². The van der Waals surface area contributed by atoms with Crippen LogP contribution in [0.4, 0.5) is 0 Å². The molecule has 0 aliphatic carbocycles. The molecule has 0 aliphatic heterocycles. The van der Waals surface area contributed by atoms with E-state index in [1.165, 1.54) is 0 Å². The molecule has 9 N–H and O–H groups in total. The second-order valence-electron chi connectivity index (χ2n) is 9.75. The minimum absolute atomic E-state index is 0.0867. The third kappa shape index (κ3) is 13.6. The highest BCUT2D eigenvalue weighted by Gasteiger charge is 2.31. The quantitative estimate of drug-likeness (QED) is 0.0849. The van der Waals surface area contributed by atoms with Crippen molar-refractivity contribution in [2.45, 2.75) is 83.6 Å². The number of aliphatic hydroxyl groups excluding tert-OH is 1. The molecule has 0 unspecified atom stereocenters. The molecule has 14 nitrogen and oxygen atoms in total. The number of carbonyl (C=O) groups is 6. The highest BCUT2D eigenvalue weighted by atomic mass is 32.1. The standard InChI is InChI=1S/C23H41N5O9S/c1-11(2)7-13(24)19(32)28-17(10-38)22(35)26-15(8-12(3)4)20(33)27-16(9-29)21(34)25-14(23(36)37)5-6-18(30)31/h11-17,29,38H,5-10,24H2,1-4H3,(H,25,34)(H,26,35)(H,27,33)(H,28,32)(H,30,31)(H,36,37)/t13-,14-,15-,16-,17-/m0/s1. The predicted octanol–water partition coefficient (Wildman–Crippen LogP) is -1.78. The Labute approximate surface area is 227 Å². The van der Waals surface area contributed by atoms with Gasteiger partial charge in [0.2, 0.25) is 23.6 Å². The number of hydrogen-bond donors (Lipinski definition) is 9. The lowest BCUT2D eigenvalue weighted by Gasteiger charge is -2.26. The van der Waals surface area contributed by atoms with Crippen LogP contribution in [0.25, 0.3) is 0 Å². The van der Waals surface area contributed by atoms with Crippen LogP contribution in [0.15, 0.2) is 0 Å². The lowest BCUT2D eigenvalue weighted by Crippen LogP contribution is -2.59. The predicted molar refractivity (Wildman–Crippen MR) is 140 cm³/mol. The van der Waals surface area contributed by atoms with Crippen molar-refractivity contribution in [1.29, 1.82) is 0 Å². The molecule has 0 aliphatic rings. The summed E-state index contributed by atoms with van der Waals surface area (Å²) in [5, 5.41) is 37.0. The molecular formula is C23H41N5O9S. The number of carbonyl (C=O) groups excluding carboxylic acids is 4. The zero-order valence-corrected chi connectivity index (χ0v) is 23.0. The molecule has 218 valence electrons. The number of thiol groups is 1. The molecular weight excluding hydrogens is 522 g/mol. The van der Waals surface area contributed by atoms with E-state index in [0.717, 1.165) is 0 Å². The Hall–Kier alpha value is -2.91. The lowest BCUT2D eigenvalue weighted by atomic mass is 10.0. The fraction of sp³-hybridized carbons (Fsp3) is 0.739. The number of nitrogens with one attached hydrogen (secondary N) is 4. The van der Waals surface area contributed by atoms with E-state index in [-0.39, 0.29) is 24.0 Å². The Morgan fingerprint density at radius 3 is 1.61 bits per heavy atom. The molecule has 0 radical (unpaired) electrons. The second-order valence-corrected chi connectivity index (χ2v) is 10.1. The Morgan fingerprint density at radius 2 is 1.16 bits per heavy atom. The van der Waals surface area contributed by atoms with Crippen molar-refractivity contribution in [1.82, 2.24) is 21.3 Å². The smallest absolute Gasteiger partial charge is 0.326 e. The van der Waals surface area contributed by atoms with Crippen LogP contribution >= 0.6 is 12.6 Å². The number of aliphatic carboxylic acids is 2. The van der Waals surface area contributed by atoms with Crippen LogP contribution in [-0.4, -0.2) is 93.5 Å². The van der Waals surface area contributed by atoms with E-state index in [2.05, 4.69) is 33.9 Å². The van der Waals surface area contributed by atoms with Gasteiger partial charge in [0, 0.05) is 12.2 Å². The van der Waals surface area contributed by atoms with E-state index in [0.29, 0.717) is 6.42 Å². The fourth-order valence-corrected chi connectivity index (χ4v) is 3.58. The van der Waals surface area contributed by atoms with Crippen LogP contribution < -0.4 is 27.0 Å². The first-order valence-electron chi connectivity index (χ1n) is 12.3. The minimum Gasteiger partial charge on any atom is -0.481 e. The van der Waals surface area contributed by atoms with Crippen LogP contribution in [0, 0.1) is 11.8 Å². The van der Waals surface area contributed by atoms with Gasteiger partial charge in [-0.3, -0.25) is 24.0 Å². The van der Waals surface area contributed by atoms with Crippen LogP contribution in [-0.2, 0) is 28.8 Å². The fourth-order valence-electron chi connectivity index (χ4n) is 3.33. The molecule has 0 fully saturated rings. The summed E-state index contributed by atoms with van der Waals surface area (Å²) in [5.41, 5.74) is 5.86. The number of aliphatic hydroxyl groups is 1. The number of hydrogen-bond acceptors (Lipinski definition) is 9. The van der Waals surface area contributed by atoms with Crippen molar-refractivity contribution in [2.75, 3.05) is 12.4 Å². The van der Waals surface area contributed by atoms with Crippen molar-refractivity contribution in [3.05, 3.63) is 0 Å². The van der Waals surface area contributed by atoms with E-state index < -0.39 is 85.2 Å². The van der Waals surface area contributed by atoms with Gasteiger partial charge in [-0.2, -0.15) is 12.6 Å². The largest absolute Gasteiger partial charge is 0.481 e. The number of carboxylic acid groups (broad SMARTS) is 2. The Bertz CT molecular complexity index is 840. The summed E-state index contributed by atoms with van der Waals surface area (Å²) in [6, 6.07) is -6.24. The monoisotopic (exact) mass is 563 g/mol. The minimum atomic E-state index is -1.57. The molecule has 5 atom stereocenters. The number of carboxylic acids is 2. The first-order chi connectivity index (χ1) is 17.6.